The number of hydrogen-bond donors (Lipinski definition) is 1. The molecule has 0 aliphatic carbocycles. The van der Waals surface area contributed by atoms with E-state index in [1.54, 1.807) is 0 Å². The van der Waals surface area contributed by atoms with Gasteiger partial charge in [-0.1, -0.05) is 61.7 Å². The smallest absolute Gasteiger partial charge is 0.119 e. The van der Waals surface area contributed by atoms with Crippen LogP contribution in [0.15, 0.2) is 54.6 Å². The van der Waals surface area contributed by atoms with Gasteiger partial charge in [0.2, 0.25) is 0 Å². The molecule has 0 amide bonds. The van der Waals surface area contributed by atoms with Gasteiger partial charge in [0.1, 0.15) is 5.75 Å². The van der Waals surface area contributed by atoms with Gasteiger partial charge in [0.05, 0.1) is 6.61 Å². The maximum atomic E-state index is 5.78. The number of rotatable bonds is 9. The average Bonchev–Trinajstić information content (AvgIpc) is 2.55. The molecule has 22 heavy (non-hydrogen) atoms. The summed E-state index contributed by atoms with van der Waals surface area (Å²) in [6, 6.07) is 18.7. The highest BCUT2D eigenvalue weighted by atomic mass is 35.5. The highest BCUT2D eigenvalue weighted by Gasteiger charge is 1.98. The number of hydrogen-bond acceptors (Lipinski definition) is 2. The first kappa shape index (κ1) is 18.5. The second-order valence-electron chi connectivity index (χ2n) is 5.30. The second kappa shape index (κ2) is 11.1. The summed E-state index contributed by atoms with van der Waals surface area (Å²) in [6.07, 6.45) is 5.98. The van der Waals surface area contributed by atoms with Crippen LogP contribution < -0.4 is 10.5 Å². The Hall–Kier alpha value is -1.51. The van der Waals surface area contributed by atoms with Crippen molar-refractivity contribution in [2.24, 2.45) is 5.73 Å². The lowest BCUT2D eigenvalue weighted by Gasteiger charge is -2.07. The summed E-state index contributed by atoms with van der Waals surface area (Å²) < 4.78 is 5.78. The first-order valence-electron chi connectivity index (χ1n) is 7.88. The van der Waals surface area contributed by atoms with Crippen molar-refractivity contribution in [1.82, 2.24) is 0 Å². The molecular formula is C19H26ClNO. The minimum atomic E-state index is 0. The third-order valence-corrected chi connectivity index (χ3v) is 3.58. The molecule has 2 aromatic rings. The molecule has 0 aliphatic heterocycles. The van der Waals surface area contributed by atoms with Gasteiger partial charge in [0, 0.05) is 0 Å². The molecular weight excluding hydrogens is 294 g/mol. The Morgan fingerprint density at radius 1 is 0.682 bits per heavy atom. The molecule has 0 saturated heterocycles. The van der Waals surface area contributed by atoms with Crippen molar-refractivity contribution in [2.75, 3.05) is 13.2 Å². The van der Waals surface area contributed by atoms with Gasteiger partial charge in [-0.05, 0) is 42.6 Å². The van der Waals surface area contributed by atoms with E-state index in [0.29, 0.717) is 0 Å². The van der Waals surface area contributed by atoms with Crippen LogP contribution in [0.2, 0.25) is 0 Å². The number of halogens is 1. The molecule has 3 heteroatoms. The highest BCUT2D eigenvalue weighted by molar-refractivity contribution is 5.85. The Morgan fingerprint density at radius 2 is 1.27 bits per heavy atom. The average molecular weight is 320 g/mol. The van der Waals surface area contributed by atoms with Gasteiger partial charge in [-0.25, -0.2) is 0 Å². The molecule has 0 heterocycles. The van der Waals surface area contributed by atoms with Crippen molar-refractivity contribution >= 4 is 12.4 Å². The molecule has 0 spiro atoms. The third kappa shape index (κ3) is 6.50. The fourth-order valence-corrected chi connectivity index (χ4v) is 2.34. The van der Waals surface area contributed by atoms with E-state index in [1.807, 2.05) is 6.07 Å². The molecule has 120 valence electrons. The van der Waals surface area contributed by atoms with E-state index >= 15 is 0 Å². The summed E-state index contributed by atoms with van der Waals surface area (Å²) in [5.74, 6) is 0.955. The van der Waals surface area contributed by atoms with E-state index in [0.717, 1.165) is 31.7 Å². The van der Waals surface area contributed by atoms with Crippen LogP contribution in [0.3, 0.4) is 0 Å². The Bertz CT molecular complexity index is 499. The second-order valence-corrected chi connectivity index (χ2v) is 5.30. The summed E-state index contributed by atoms with van der Waals surface area (Å²) in [4.78, 5) is 0. The van der Waals surface area contributed by atoms with Crippen molar-refractivity contribution in [3.63, 3.8) is 0 Å². The lowest BCUT2D eigenvalue weighted by atomic mass is 10.1. The summed E-state index contributed by atoms with van der Waals surface area (Å²) in [6.45, 7) is 1.61. The quantitative estimate of drug-likeness (QED) is 0.655. The molecule has 0 aromatic heterocycles. The Labute approximate surface area is 140 Å². The first-order chi connectivity index (χ1) is 10.4. The van der Waals surface area contributed by atoms with E-state index in [9.17, 15) is 0 Å². The molecule has 0 saturated carbocycles. The number of ether oxygens (including phenoxy) is 1. The van der Waals surface area contributed by atoms with Gasteiger partial charge in [-0.15, -0.1) is 12.4 Å². The van der Waals surface area contributed by atoms with Crippen molar-refractivity contribution in [1.29, 1.82) is 0 Å². The predicted molar refractivity (Wildman–Crippen MR) is 96.8 cm³/mol. The number of benzene rings is 2. The summed E-state index contributed by atoms with van der Waals surface area (Å²) >= 11 is 0. The van der Waals surface area contributed by atoms with E-state index in [-0.39, 0.29) is 12.4 Å². The van der Waals surface area contributed by atoms with Gasteiger partial charge in [0.25, 0.3) is 0 Å². The van der Waals surface area contributed by atoms with E-state index in [2.05, 4.69) is 48.5 Å². The maximum absolute atomic E-state index is 5.78. The van der Waals surface area contributed by atoms with Gasteiger partial charge in [-0.3, -0.25) is 0 Å². The Morgan fingerprint density at radius 3 is 1.95 bits per heavy atom. The van der Waals surface area contributed by atoms with Crippen LogP contribution >= 0.6 is 12.4 Å². The third-order valence-electron chi connectivity index (χ3n) is 3.58. The SMILES string of the molecule is Cl.NCCCCCCCOc1ccc(-c2ccccc2)cc1. The van der Waals surface area contributed by atoms with Crippen LogP contribution in [0, 0.1) is 0 Å². The van der Waals surface area contributed by atoms with Crippen molar-refractivity contribution < 1.29 is 4.74 Å². The molecule has 2 N–H and O–H groups in total. The van der Waals surface area contributed by atoms with Crippen LogP contribution in [0.5, 0.6) is 5.75 Å². The van der Waals surface area contributed by atoms with Crippen LogP contribution in [0.25, 0.3) is 11.1 Å². The number of nitrogens with two attached hydrogens (primary N) is 1. The first-order valence-corrected chi connectivity index (χ1v) is 7.88. The zero-order valence-corrected chi connectivity index (χ0v) is 13.9. The van der Waals surface area contributed by atoms with E-state index in [4.69, 9.17) is 10.5 Å². The van der Waals surface area contributed by atoms with Gasteiger partial charge in [0.15, 0.2) is 0 Å². The largest absolute Gasteiger partial charge is 0.494 e. The van der Waals surface area contributed by atoms with Crippen LogP contribution in [-0.2, 0) is 0 Å². The van der Waals surface area contributed by atoms with Gasteiger partial charge < -0.3 is 10.5 Å². The zero-order chi connectivity index (χ0) is 14.8. The zero-order valence-electron chi connectivity index (χ0n) is 13.0. The Balaban J connectivity index is 0.00000242. The minimum absolute atomic E-state index is 0. The van der Waals surface area contributed by atoms with Crippen molar-refractivity contribution in [2.45, 2.75) is 32.1 Å². The standard InChI is InChI=1S/C19H25NO.ClH/c20-15-7-2-1-3-8-16-21-19-13-11-18(12-14-19)17-9-5-4-6-10-17;/h4-6,9-14H,1-3,7-8,15-16,20H2;1H. The topological polar surface area (TPSA) is 35.2 Å². The molecule has 0 radical (unpaired) electrons. The lowest BCUT2D eigenvalue weighted by molar-refractivity contribution is 0.304. The van der Waals surface area contributed by atoms with Crippen molar-refractivity contribution in [3.05, 3.63) is 54.6 Å². The molecule has 0 bridgehead atoms. The molecule has 0 aliphatic rings. The Kier molecular flexibility index (Phi) is 9.36. The summed E-state index contributed by atoms with van der Waals surface area (Å²) in [5.41, 5.74) is 7.94. The van der Waals surface area contributed by atoms with Crippen LogP contribution in [0.4, 0.5) is 0 Å². The molecule has 2 rings (SSSR count). The highest BCUT2D eigenvalue weighted by Crippen LogP contribution is 2.22. The maximum Gasteiger partial charge on any atom is 0.119 e. The van der Waals surface area contributed by atoms with Crippen LogP contribution in [-0.4, -0.2) is 13.2 Å². The molecule has 0 atom stereocenters. The molecule has 0 fully saturated rings. The lowest BCUT2D eigenvalue weighted by Crippen LogP contribution is -1.99. The van der Waals surface area contributed by atoms with Gasteiger partial charge in [-0.2, -0.15) is 0 Å². The normalized spacial score (nSPS) is 10.0. The fourth-order valence-electron chi connectivity index (χ4n) is 2.34. The summed E-state index contributed by atoms with van der Waals surface area (Å²) in [5, 5.41) is 0. The van der Waals surface area contributed by atoms with E-state index in [1.165, 1.54) is 30.4 Å². The number of unbranched alkanes of at least 4 members (excludes halogenated alkanes) is 4. The monoisotopic (exact) mass is 319 g/mol. The van der Waals surface area contributed by atoms with Crippen molar-refractivity contribution in [3.8, 4) is 16.9 Å². The molecule has 0 unspecified atom stereocenters. The fraction of sp³-hybridized carbons (Fsp3) is 0.368. The molecule has 2 nitrogen and oxygen atoms in total. The summed E-state index contributed by atoms with van der Waals surface area (Å²) in [7, 11) is 0. The minimum Gasteiger partial charge on any atom is -0.494 e. The molecule has 2 aromatic carbocycles. The van der Waals surface area contributed by atoms with Crippen LogP contribution in [0.1, 0.15) is 32.1 Å². The predicted octanol–water partition coefficient (Wildman–Crippen LogP) is 5.06. The van der Waals surface area contributed by atoms with E-state index < -0.39 is 0 Å². The van der Waals surface area contributed by atoms with Gasteiger partial charge >= 0.3 is 0 Å².